The molecule has 2 unspecified atom stereocenters. The number of nitrogens with one attached hydrogen (secondary N) is 1. The number of alkyl halides is 2. The lowest BCUT2D eigenvalue weighted by Crippen LogP contribution is -2.17. The third-order valence-electron chi connectivity index (χ3n) is 3.78. The minimum Gasteiger partial charge on any atom is -0.377 e. The standard InChI is InChI=1S/C13H16F2N2O4S/c1-8-2-3-9(6-8)16-11-5-4-10(7-12(11)17(18)19)22(20,21)13(14)15/h4-5,7-9,13,16H,2-3,6H2,1H3. The second kappa shape index (κ2) is 6.15. The van der Waals surface area contributed by atoms with E-state index in [9.17, 15) is 27.3 Å². The summed E-state index contributed by atoms with van der Waals surface area (Å²) >= 11 is 0. The van der Waals surface area contributed by atoms with Crippen LogP contribution < -0.4 is 5.32 Å². The van der Waals surface area contributed by atoms with Crippen molar-refractivity contribution in [1.82, 2.24) is 0 Å². The van der Waals surface area contributed by atoms with E-state index in [1.54, 1.807) is 0 Å². The van der Waals surface area contributed by atoms with Gasteiger partial charge in [0.2, 0.25) is 9.84 Å². The van der Waals surface area contributed by atoms with Crippen LogP contribution >= 0.6 is 0 Å². The molecule has 1 aliphatic rings. The number of sulfone groups is 1. The quantitative estimate of drug-likeness (QED) is 0.660. The van der Waals surface area contributed by atoms with E-state index in [1.165, 1.54) is 6.07 Å². The molecule has 22 heavy (non-hydrogen) atoms. The Morgan fingerprint density at radius 1 is 1.36 bits per heavy atom. The number of rotatable bonds is 5. The van der Waals surface area contributed by atoms with E-state index < -0.39 is 31.1 Å². The van der Waals surface area contributed by atoms with Crippen LogP contribution in [0, 0.1) is 16.0 Å². The number of nitro groups is 1. The van der Waals surface area contributed by atoms with Crippen molar-refractivity contribution >= 4 is 21.2 Å². The SMILES string of the molecule is CC1CCC(Nc2ccc(S(=O)(=O)C(F)F)cc2[N+](=O)[O-])C1. The van der Waals surface area contributed by atoms with Crippen molar-refractivity contribution in [2.24, 2.45) is 5.92 Å². The molecule has 0 radical (unpaired) electrons. The molecule has 0 aromatic heterocycles. The molecule has 0 saturated heterocycles. The number of nitrogens with zero attached hydrogens (tertiary/aromatic N) is 1. The Morgan fingerprint density at radius 2 is 2.05 bits per heavy atom. The summed E-state index contributed by atoms with van der Waals surface area (Å²) in [6.45, 7) is 2.08. The fraction of sp³-hybridized carbons (Fsp3) is 0.538. The van der Waals surface area contributed by atoms with Gasteiger partial charge in [0, 0.05) is 12.1 Å². The maximum absolute atomic E-state index is 12.5. The third kappa shape index (κ3) is 3.34. The van der Waals surface area contributed by atoms with Crippen LogP contribution in [-0.2, 0) is 9.84 Å². The zero-order valence-corrected chi connectivity index (χ0v) is 12.6. The first kappa shape index (κ1) is 16.6. The molecule has 0 heterocycles. The Hall–Kier alpha value is -1.77. The van der Waals surface area contributed by atoms with Crippen molar-refractivity contribution in [3.05, 3.63) is 28.3 Å². The zero-order valence-electron chi connectivity index (χ0n) is 11.8. The van der Waals surface area contributed by atoms with E-state index in [4.69, 9.17) is 0 Å². The highest BCUT2D eigenvalue weighted by atomic mass is 32.2. The molecular weight excluding hydrogens is 318 g/mol. The summed E-state index contributed by atoms with van der Waals surface area (Å²) in [5, 5.41) is 14.1. The van der Waals surface area contributed by atoms with Gasteiger partial charge >= 0.3 is 5.76 Å². The first-order valence-corrected chi connectivity index (χ1v) is 8.33. The van der Waals surface area contributed by atoms with E-state index in [2.05, 4.69) is 12.2 Å². The molecule has 1 fully saturated rings. The molecule has 0 bridgehead atoms. The van der Waals surface area contributed by atoms with E-state index in [1.807, 2.05) is 0 Å². The van der Waals surface area contributed by atoms with Gasteiger partial charge in [-0.2, -0.15) is 8.78 Å². The van der Waals surface area contributed by atoms with Crippen LogP contribution in [0.2, 0.25) is 0 Å². The monoisotopic (exact) mass is 334 g/mol. The molecule has 1 N–H and O–H groups in total. The van der Waals surface area contributed by atoms with Crippen LogP contribution in [-0.4, -0.2) is 25.1 Å². The van der Waals surface area contributed by atoms with Crippen molar-refractivity contribution in [2.45, 2.75) is 42.9 Å². The number of anilines is 1. The van der Waals surface area contributed by atoms with Crippen molar-refractivity contribution in [3.63, 3.8) is 0 Å². The van der Waals surface area contributed by atoms with Gasteiger partial charge in [0.25, 0.3) is 5.69 Å². The molecule has 122 valence electrons. The zero-order chi connectivity index (χ0) is 16.5. The molecule has 1 saturated carbocycles. The van der Waals surface area contributed by atoms with E-state index in [-0.39, 0.29) is 11.7 Å². The first-order chi connectivity index (χ1) is 10.2. The summed E-state index contributed by atoms with van der Waals surface area (Å²) < 4.78 is 47.9. The molecule has 1 aliphatic carbocycles. The van der Waals surface area contributed by atoms with Crippen LogP contribution in [0.1, 0.15) is 26.2 Å². The van der Waals surface area contributed by atoms with Gasteiger partial charge in [0.1, 0.15) is 5.69 Å². The number of hydrogen-bond donors (Lipinski definition) is 1. The van der Waals surface area contributed by atoms with Gasteiger partial charge in [-0.25, -0.2) is 8.42 Å². The maximum Gasteiger partial charge on any atom is 0.341 e. The third-order valence-corrected chi connectivity index (χ3v) is 5.16. The molecule has 0 spiro atoms. The lowest BCUT2D eigenvalue weighted by Gasteiger charge is -2.14. The van der Waals surface area contributed by atoms with Crippen molar-refractivity contribution in [2.75, 3.05) is 5.32 Å². The Bertz CT molecular complexity index is 679. The summed E-state index contributed by atoms with van der Waals surface area (Å²) in [5.74, 6) is -3.10. The Morgan fingerprint density at radius 3 is 2.55 bits per heavy atom. The minimum atomic E-state index is -4.85. The second-order valence-electron chi connectivity index (χ2n) is 5.50. The molecule has 1 aromatic carbocycles. The fourth-order valence-corrected chi connectivity index (χ4v) is 3.36. The smallest absolute Gasteiger partial charge is 0.341 e. The number of nitro benzene ring substituents is 1. The Kier molecular flexibility index (Phi) is 4.64. The summed E-state index contributed by atoms with van der Waals surface area (Å²) in [7, 11) is -4.85. The lowest BCUT2D eigenvalue weighted by molar-refractivity contribution is -0.384. The van der Waals surface area contributed by atoms with E-state index in [0.717, 1.165) is 25.3 Å². The lowest BCUT2D eigenvalue weighted by atomic mass is 10.1. The molecule has 1 aromatic rings. The minimum absolute atomic E-state index is 0.0613. The highest BCUT2D eigenvalue weighted by molar-refractivity contribution is 7.91. The molecule has 0 aliphatic heterocycles. The number of hydrogen-bond acceptors (Lipinski definition) is 5. The second-order valence-corrected chi connectivity index (χ2v) is 7.42. The first-order valence-electron chi connectivity index (χ1n) is 6.79. The summed E-state index contributed by atoms with van der Waals surface area (Å²) in [6.07, 6.45) is 2.72. The fourth-order valence-electron chi connectivity index (χ4n) is 2.62. The van der Waals surface area contributed by atoms with Gasteiger partial charge < -0.3 is 5.32 Å². The van der Waals surface area contributed by atoms with Gasteiger partial charge in [-0.05, 0) is 37.3 Å². The van der Waals surface area contributed by atoms with Gasteiger partial charge in [-0.3, -0.25) is 10.1 Å². The van der Waals surface area contributed by atoms with Gasteiger partial charge in [0.05, 0.1) is 9.82 Å². The molecule has 9 heteroatoms. The average Bonchev–Trinajstić information content (AvgIpc) is 2.84. The van der Waals surface area contributed by atoms with Crippen molar-refractivity contribution in [1.29, 1.82) is 0 Å². The Labute approximate surface area is 126 Å². The molecule has 6 nitrogen and oxygen atoms in total. The predicted octanol–water partition coefficient (Wildman–Crippen LogP) is 3.19. The number of benzene rings is 1. The maximum atomic E-state index is 12.5. The van der Waals surface area contributed by atoms with Crippen LogP contribution in [0.4, 0.5) is 20.2 Å². The highest BCUT2D eigenvalue weighted by Gasteiger charge is 2.30. The average molecular weight is 334 g/mol. The summed E-state index contributed by atoms with van der Waals surface area (Å²) in [4.78, 5) is 9.57. The summed E-state index contributed by atoms with van der Waals surface area (Å²) in [6, 6.07) is 2.89. The molecule has 0 amide bonds. The van der Waals surface area contributed by atoms with Gasteiger partial charge in [-0.1, -0.05) is 6.92 Å². The molecule has 2 atom stereocenters. The Balaban J connectivity index is 2.34. The van der Waals surface area contributed by atoms with Crippen LogP contribution in [0.25, 0.3) is 0 Å². The van der Waals surface area contributed by atoms with Crippen LogP contribution in [0.15, 0.2) is 23.1 Å². The van der Waals surface area contributed by atoms with Crippen molar-refractivity contribution < 1.29 is 22.1 Å². The van der Waals surface area contributed by atoms with E-state index >= 15 is 0 Å². The molecular formula is C13H16F2N2O4S. The van der Waals surface area contributed by atoms with Crippen LogP contribution in [0.5, 0.6) is 0 Å². The molecule has 2 rings (SSSR count). The van der Waals surface area contributed by atoms with E-state index in [0.29, 0.717) is 12.0 Å². The van der Waals surface area contributed by atoms with Gasteiger partial charge in [-0.15, -0.1) is 0 Å². The summed E-state index contributed by atoms with van der Waals surface area (Å²) in [5.41, 5.74) is -0.362. The van der Waals surface area contributed by atoms with Gasteiger partial charge in [0.15, 0.2) is 0 Å². The van der Waals surface area contributed by atoms with Crippen LogP contribution in [0.3, 0.4) is 0 Å². The number of halogens is 2. The predicted molar refractivity (Wildman–Crippen MR) is 76.7 cm³/mol. The van der Waals surface area contributed by atoms with Crippen molar-refractivity contribution in [3.8, 4) is 0 Å². The normalized spacial score (nSPS) is 22.0. The topological polar surface area (TPSA) is 89.3 Å². The largest absolute Gasteiger partial charge is 0.377 e. The highest BCUT2D eigenvalue weighted by Crippen LogP contribution is 2.33.